The highest BCUT2D eigenvalue weighted by molar-refractivity contribution is 5.90. The molecule has 2 aliphatic carbocycles. The molecule has 3 rings (SSSR count). The van der Waals surface area contributed by atoms with E-state index in [-0.39, 0.29) is 5.56 Å². The van der Waals surface area contributed by atoms with Gasteiger partial charge in [0.15, 0.2) is 0 Å². The number of carbonyl (C=O) groups is 1. The number of nitrogens with zero attached hydrogens (tertiary/aromatic N) is 1. The third-order valence-electron chi connectivity index (χ3n) is 3.97. The second-order valence-corrected chi connectivity index (χ2v) is 5.87. The van der Waals surface area contributed by atoms with E-state index in [1.807, 2.05) is 6.07 Å². The fourth-order valence-electron chi connectivity index (χ4n) is 2.47. The van der Waals surface area contributed by atoms with Crippen molar-refractivity contribution in [3.05, 3.63) is 23.8 Å². The standard InChI is InChI=1S/C15H20N2O2/c16-13-7-12(15(18)19)5-6-14(13)17(8-10-1-2-10)9-11-3-4-11/h5-7,10-11H,1-4,8-9,16H2,(H,18,19). The van der Waals surface area contributed by atoms with Gasteiger partial charge in [-0.25, -0.2) is 4.79 Å². The smallest absolute Gasteiger partial charge is 0.335 e. The zero-order valence-corrected chi connectivity index (χ0v) is 11.0. The van der Waals surface area contributed by atoms with E-state index in [1.165, 1.54) is 25.7 Å². The van der Waals surface area contributed by atoms with Crippen LogP contribution in [0.4, 0.5) is 11.4 Å². The van der Waals surface area contributed by atoms with Crippen molar-refractivity contribution >= 4 is 17.3 Å². The monoisotopic (exact) mass is 260 g/mol. The van der Waals surface area contributed by atoms with Gasteiger partial charge in [-0.2, -0.15) is 0 Å². The van der Waals surface area contributed by atoms with Crippen LogP contribution in [0.15, 0.2) is 18.2 Å². The van der Waals surface area contributed by atoms with Gasteiger partial charge in [0.25, 0.3) is 0 Å². The molecule has 3 N–H and O–H groups in total. The van der Waals surface area contributed by atoms with Gasteiger partial charge in [0.2, 0.25) is 0 Å². The van der Waals surface area contributed by atoms with Gasteiger partial charge in [-0.1, -0.05) is 0 Å². The number of anilines is 2. The Labute approximate surface area is 113 Å². The van der Waals surface area contributed by atoms with E-state index in [0.29, 0.717) is 5.69 Å². The molecule has 0 atom stereocenters. The van der Waals surface area contributed by atoms with Crippen molar-refractivity contribution in [1.82, 2.24) is 0 Å². The summed E-state index contributed by atoms with van der Waals surface area (Å²) in [6.45, 7) is 2.13. The molecular weight excluding hydrogens is 240 g/mol. The van der Waals surface area contributed by atoms with Gasteiger partial charge in [0.05, 0.1) is 16.9 Å². The van der Waals surface area contributed by atoms with Crippen molar-refractivity contribution in [1.29, 1.82) is 0 Å². The number of nitrogens with two attached hydrogens (primary N) is 1. The minimum atomic E-state index is -0.922. The molecule has 2 fully saturated rings. The first-order valence-electron chi connectivity index (χ1n) is 7.01. The van der Waals surface area contributed by atoms with Gasteiger partial charge in [0.1, 0.15) is 0 Å². The summed E-state index contributed by atoms with van der Waals surface area (Å²) in [7, 11) is 0. The molecule has 4 nitrogen and oxygen atoms in total. The Bertz CT molecular complexity index is 479. The lowest BCUT2D eigenvalue weighted by atomic mass is 10.1. The van der Waals surface area contributed by atoms with E-state index in [9.17, 15) is 4.79 Å². The topological polar surface area (TPSA) is 66.6 Å². The Morgan fingerprint density at radius 3 is 2.21 bits per heavy atom. The molecule has 0 unspecified atom stereocenters. The number of rotatable bonds is 6. The molecule has 0 heterocycles. The molecular formula is C15H20N2O2. The van der Waals surface area contributed by atoms with Crippen LogP contribution in [-0.4, -0.2) is 24.2 Å². The molecule has 0 amide bonds. The van der Waals surface area contributed by atoms with Gasteiger partial charge in [-0.15, -0.1) is 0 Å². The van der Waals surface area contributed by atoms with Crippen molar-refractivity contribution in [3.63, 3.8) is 0 Å². The molecule has 0 bridgehead atoms. The lowest BCUT2D eigenvalue weighted by Crippen LogP contribution is -2.28. The van der Waals surface area contributed by atoms with E-state index in [1.54, 1.807) is 12.1 Å². The van der Waals surface area contributed by atoms with Gasteiger partial charge < -0.3 is 15.7 Å². The average Bonchev–Trinajstić information content (AvgIpc) is 3.23. The number of hydrogen-bond donors (Lipinski definition) is 2. The number of nitrogen functional groups attached to an aromatic ring is 1. The zero-order valence-electron chi connectivity index (χ0n) is 11.0. The highest BCUT2D eigenvalue weighted by Crippen LogP contribution is 2.37. The summed E-state index contributed by atoms with van der Waals surface area (Å²) in [5.41, 5.74) is 7.90. The second kappa shape index (κ2) is 4.76. The van der Waals surface area contributed by atoms with Crippen molar-refractivity contribution in [2.24, 2.45) is 11.8 Å². The van der Waals surface area contributed by atoms with Crippen LogP contribution in [0, 0.1) is 11.8 Å². The molecule has 0 aromatic heterocycles. The minimum Gasteiger partial charge on any atom is -0.478 e. The maximum Gasteiger partial charge on any atom is 0.335 e. The van der Waals surface area contributed by atoms with Gasteiger partial charge in [-0.3, -0.25) is 0 Å². The third kappa shape index (κ3) is 3.00. The van der Waals surface area contributed by atoms with Gasteiger partial charge in [-0.05, 0) is 55.7 Å². The maximum absolute atomic E-state index is 10.9. The fourth-order valence-corrected chi connectivity index (χ4v) is 2.47. The molecule has 19 heavy (non-hydrogen) atoms. The molecule has 0 radical (unpaired) electrons. The van der Waals surface area contributed by atoms with E-state index in [2.05, 4.69) is 4.90 Å². The zero-order chi connectivity index (χ0) is 13.4. The Hall–Kier alpha value is -1.71. The molecule has 1 aromatic rings. The highest BCUT2D eigenvalue weighted by Gasteiger charge is 2.30. The summed E-state index contributed by atoms with van der Waals surface area (Å²) in [5.74, 6) is 0.684. The normalized spacial score (nSPS) is 18.3. The summed E-state index contributed by atoms with van der Waals surface area (Å²) in [6, 6.07) is 5.09. The number of aromatic carboxylic acids is 1. The predicted octanol–water partition coefficient (Wildman–Crippen LogP) is 2.59. The SMILES string of the molecule is Nc1cc(C(=O)O)ccc1N(CC1CC1)CC1CC1. The summed E-state index contributed by atoms with van der Waals surface area (Å²) in [5, 5.41) is 8.98. The first-order valence-corrected chi connectivity index (χ1v) is 7.01. The van der Waals surface area contributed by atoms with Crippen LogP contribution >= 0.6 is 0 Å². The quantitative estimate of drug-likeness (QED) is 0.771. The molecule has 102 valence electrons. The largest absolute Gasteiger partial charge is 0.478 e. The van der Waals surface area contributed by atoms with Crippen LogP contribution in [-0.2, 0) is 0 Å². The second-order valence-electron chi connectivity index (χ2n) is 5.87. The first-order chi connectivity index (χ1) is 9.13. The van der Waals surface area contributed by atoms with Gasteiger partial charge >= 0.3 is 5.97 Å². The van der Waals surface area contributed by atoms with E-state index < -0.39 is 5.97 Å². The predicted molar refractivity (Wildman–Crippen MR) is 75.5 cm³/mol. The first kappa shape index (κ1) is 12.3. The average molecular weight is 260 g/mol. The van der Waals surface area contributed by atoms with Crippen LogP contribution in [0.1, 0.15) is 36.0 Å². The van der Waals surface area contributed by atoms with E-state index in [0.717, 1.165) is 30.6 Å². The Kier molecular flexibility index (Phi) is 3.09. The number of carboxylic acid groups (broad SMARTS) is 1. The molecule has 2 aliphatic rings. The van der Waals surface area contributed by atoms with E-state index >= 15 is 0 Å². The highest BCUT2D eigenvalue weighted by atomic mass is 16.4. The Balaban J connectivity index is 1.80. The number of hydrogen-bond acceptors (Lipinski definition) is 3. The van der Waals surface area contributed by atoms with Crippen LogP contribution < -0.4 is 10.6 Å². The number of carboxylic acids is 1. The fraction of sp³-hybridized carbons (Fsp3) is 0.533. The Morgan fingerprint density at radius 1 is 1.21 bits per heavy atom. The van der Waals surface area contributed by atoms with Crippen LogP contribution in [0.5, 0.6) is 0 Å². The molecule has 2 saturated carbocycles. The van der Waals surface area contributed by atoms with Crippen LogP contribution in [0.3, 0.4) is 0 Å². The lowest BCUT2D eigenvalue weighted by Gasteiger charge is -2.26. The van der Waals surface area contributed by atoms with E-state index in [4.69, 9.17) is 10.8 Å². The van der Waals surface area contributed by atoms with Crippen molar-refractivity contribution in [2.45, 2.75) is 25.7 Å². The van der Waals surface area contributed by atoms with Gasteiger partial charge in [0, 0.05) is 13.1 Å². The summed E-state index contributed by atoms with van der Waals surface area (Å²) >= 11 is 0. The summed E-state index contributed by atoms with van der Waals surface area (Å²) in [6.07, 6.45) is 5.26. The maximum atomic E-state index is 10.9. The molecule has 4 heteroatoms. The van der Waals surface area contributed by atoms with Crippen LogP contribution in [0.2, 0.25) is 0 Å². The molecule has 1 aromatic carbocycles. The molecule has 0 saturated heterocycles. The number of benzene rings is 1. The lowest BCUT2D eigenvalue weighted by molar-refractivity contribution is 0.0697. The molecule has 0 aliphatic heterocycles. The minimum absolute atomic E-state index is 0.263. The summed E-state index contributed by atoms with van der Waals surface area (Å²) < 4.78 is 0. The van der Waals surface area contributed by atoms with Crippen molar-refractivity contribution < 1.29 is 9.90 Å². The summed E-state index contributed by atoms with van der Waals surface area (Å²) in [4.78, 5) is 13.3. The Morgan fingerprint density at radius 2 is 1.79 bits per heavy atom. The molecule has 0 spiro atoms. The van der Waals surface area contributed by atoms with Crippen molar-refractivity contribution in [2.75, 3.05) is 23.7 Å². The van der Waals surface area contributed by atoms with Crippen LogP contribution in [0.25, 0.3) is 0 Å². The third-order valence-corrected chi connectivity index (χ3v) is 3.97. The van der Waals surface area contributed by atoms with Crippen molar-refractivity contribution in [3.8, 4) is 0 Å².